The van der Waals surface area contributed by atoms with Crippen molar-refractivity contribution >= 4 is 52.6 Å². The monoisotopic (exact) mass is 536 g/mol. The first-order valence-corrected chi connectivity index (χ1v) is 10.4. The van der Waals surface area contributed by atoms with Crippen LogP contribution >= 0.6 is 24.0 Å². The maximum Gasteiger partial charge on any atom is 0.246 e. The van der Waals surface area contributed by atoms with Crippen molar-refractivity contribution in [3.05, 3.63) is 43.0 Å². The van der Waals surface area contributed by atoms with Gasteiger partial charge >= 0.3 is 0 Å². The summed E-state index contributed by atoms with van der Waals surface area (Å²) in [6.45, 7) is 6.02. The van der Waals surface area contributed by atoms with Crippen LogP contribution in [0.25, 0.3) is 11.0 Å². The van der Waals surface area contributed by atoms with Gasteiger partial charge in [-0.3, -0.25) is 14.5 Å². The van der Waals surface area contributed by atoms with Gasteiger partial charge in [-0.05, 0) is 25.5 Å². The summed E-state index contributed by atoms with van der Waals surface area (Å²) in [5, 5.41) is 7.49. The van der Waals surface area contributed by atoms with Gasteiger partial charge in [0.2, 0.25) is 5.91 Å². The minimum Gasteiger partial charge on any atom is -0.357 e. The molecule has 4 rings (SSSR count). The second-order valence-corrected chi connectivity index (χ2v) is 7.36. The number of imidazole rings is 1. The van der Waals surface area contributed by atoms with Gasteiger partial charge in [0.1, 0.15) is 6.54 Å². The molecule has 3 heterocycles. The molecule has 1 aliphatic rings. The number of halogens is 1. The topological polar surface area (TPSA) is 83.6 Å². The standard InChI is InChI=1S/C21H28N8O.HI/c1-3-22-21(23-9-6-10-28-16-24-18-7-4-5-8-19(18)28)27-11-12-29(20(30)15-27)17-13-25-26(2)14-17;/h4-5,7-8,13-14,16H,3,6,9-12,15H2,1-2H3,(H,22,23);1H. The van der Waals surface area contributed by atoms with Gasteiger partial charge in [-0.25, -0.2) is 4.98 Å². The number of amides is 1. The fourth-order valence-corrected chi connectivity index (χ4v) is 3.71. The number of hydrogen-bond donors (Lipinski definition) is 1. The minimum absolute atomic E-state index is 0. The van der Waals surface area contributed by atoms with Crippen LogP contribution in [0.1, 0.15) is 13.3 Å². The number of anilines is 1. The molecule has 0 aliphatic carbocycles. The SMILES string of the molecule is CCNC(=NCCCn1cnc2ccccc21)N1CCN(c2cnn(C)c2)C(=O)C1.I. The van der Waals surface area contributed by atoms with Gasteiger partial charge in [0.25, 0.3) is 0 Å². The van der Waals surface area contributed by atoms with E-state index in [-0.39, 0.29) is 29.9 Å². The first-order chi connectivity index (χ1) is 14.7. The Balaban J connectivity index is 0.00000272. The highest BCUT2D eigenvalue weighted by Gasteiger charge is 2.27. The number of nitrogens with one attached hydrogen (secondary N) is 1. The number of hydrogen-bond acceptors (Lipinski definition) is 4. The van der Waals surface area contributed by atoms with E-state index in [9.17, 15) is 4.79 Å². The summed E-state index contributed by atoms with van der Waals surface area (Å²) in [5.41, 5.74) is 3.00. The molecule has 9 nitrogen and oxygen atoms in total. The molecule has 166 valence electrons. The second-order valence-electron chi connectivity index (χ2n) is 7.36. The molecule has 31 heavy (non-hydrogen) atoms. The lowest BCUT2D eigenvalue weighted by Crippen LogP contribution is -2.55. The van der Waals surface area contributed by atoms with Gasteiger partial charge < -0.3 is 19.7 Å². The molecule has 3 aromatic rings. The van der Waals surface area contributed by atoms with Crippen LogP contribution < -0.4 is 10.2 Å². The van der Waals surface area contributed by atoms with Crippen molar-refractivity contribution in [1.29, 1.82) is 0 Å². The number of carbonyl (C=O) groups excluding carboxylic acids is 1. The van der Waals surface area contributed by atoms with Crippen molar-refractivity contribution < 1.29 is 4.79 Å². The molecular formula is C21H29IN8O. The Hall–Kier alpha value is -2.63. The summed E-state index contributed by atoms with van der Waals surface area (Å²) in [4.78, 5) is 25.7. The van der Waals surface area contributed by atoms with E-state index in [4.69, 9.17) is 4.99 Å². The average molecular weight is 536 g/mol. The van der Waals surface area contributed by atoms with E-state index >= 15 is 0 Å². The predicted octanol–water partition coefficient (Wildman–Crippen LogP) is 2.09. The smallest absolute Gasteiger partial charge is 0.246 e. The fraction of sp³-hybridized carbons (Fsp3) is 0.429. The Labute approximate surface area is 199 Å². The molecule has 0 bridgehead atoms. The maximum absolute atomic E-state index is 12.7. The normalized spacial score (nSPS) is 14.8. The lowest BCUT2D eigenvalue weighted by atomic mass is 10.3. The number of para-hydroxylation sites is 2. The van der Waals surface area contributed by atoms with E-state index in [0.717, 1.165) is 48.7 Å². The minimum atomic E-state index is 0. The summed E-state index contributed by atoms with van der Waals surface area (Å²) in [6.07, 6.45) is 6.38. The molecule has 10 heteroatoms. The number of guanidine groups is 1. The van der Waals surface area contributed by atoms with Crippen molar-refractivity contribution in [2.75, 3.05) is 37.6 Å². The fourth-order valence-electron chi connectivity index (χ4n) is 3.71. The largest absolute Gasteiger partial charge is 0.357 e. The molecule has 0 spiro atoms. The number of rotatable bonds is 6. The summed E-state index contributed by atoms with van der Waals surface area (Å²) in [7, 11) is 1.85. The molecule has 1 aliphatic heterocycles. The summed E-state index contributed by atoms with van der Waals surface area (Å²) in [5.74, 6) is 0.858. The van der Waals surface area contributed by atoms with Gasteiger partial charge in [-0.15, -0.1) is 24.0 Å². The van der Waals surface area contributed by atoms with Crippen molar-refractivity contribution in [3.63, 3.8) is 0 Å². The average Bonchev–Trinajstić information content (AvgIpc) is 3.36. The quantitative estimate of drug-likeness (QED) is 0.226. The number of nitrogens with zero attached hydrogens (tertiary/aromatic N) is 7. The molecule has 2 aromatic heterocycles. The second kappa shape index (κ2) is 10.6. The number of benzene rings is 1. The Morgan fingerprint density at radius 1 is 1.26 bits per heavy atom. The lowest BCUT2D eigenvalue weighted by Gasteiger charge is -2.35. The van der Waals surface area contributed by atoms with Gasteiger partial charge in [-0.1, -0.05) is 12.1 Å². The summed E-state index contributed by atoms with van der Waals surface area (Å²) >= 11 is 0. The van der Waals surface area contributed by atoms with Crippen LogP contribution in [0.5, 0.6) is 0 Å². The maximum atomic E-state index is 12.7. The Bertz CT molecular complexity index is 1040. The third-order valence-corrected chi connectivity index (χ3v) is 5.20. The molecular weight excluding hydrogens is 507 g/mol. The first-order valence-electron chi connectivity index (χ1n) is 10.4. The van der Waals surface area contributed by atoms with E-state index in [1.807, 2.05) is 49.6 Å². The van der Waals surface area contributed by atoms with Crippen LogP contribution in [0.3, 0.4) is 0 Å². The molecule has 0 atom stereocenters. The zero-order chi connectivity index (χ0) is 20.9. The molecule has 0 saturated carbocycles. The van der Waals surface area contributed by atoms with E-state index in [2.05, 4.69) is 26.0 Å². The van der Waals surface area contributed by atoms with Crippen LogP contribution in [0.4, 0.5) is 5.69 Å². The number of piperazine rings is 1. The van der Waals surface area contributed by atoms with Crippen LogP contribution in [0.2, 0.25) is 0 Å². The number of aliphatic imine (C=N–C) groups is 1. The predicted molar refractivity (Wildman–Crippen MR) is 133 cm³/mol. The third kappa shape index (κ3) is 5.35. The van der Waals surface area contributed by atoms with Crippen LogP contribution in [-0.4, -0.2) is 68.8 Å². The van der Waals surface area contributed by atoms with Crippen molar-refractivity contribution in [1.82, 2.24) is 29.5 Å². The Morgan fingerprint density at radius 2 is 2.10 bits per heavy atom. The number of aromatic nitrogens is 4. The van der Waals surface area contributed by atoms with Gasteiger partial charge in [0.05, 0.1) is 29.2 Å². The van der Waals surface area contributed by atoms with Crippen molar-refractivity contribution in [3.8, 4) is 0 Å². The van der Waals surface area contributed by atoms with E-state index in [1.165, 1.54) is 0 Å². The lowest BCUT2D eigenvalue weighted by molar-refractivity contribution is -0.120. The van der Waals surface area contributed by atoms with Crippen molar-refractivity contribution in [2.24, 2.45) is 12.0 Å². The van der Waals surface area contributed by atoms with E-state index in [0.29, 0.717) is 19.6 Å². The number of fused-ring (bicyclic) bond motifs is 1. The Kier molecular flexibility index (Phi) is 7.88. The van der Waals surface area contributed by atoms with Gasteiger partial charge in [0.15, 0.2) is 5.96 Å². The number of carbonyl (C=O) groups is 1. The molecule has 1 saturated heterocycles. The van der Waals surface area contributed by atoms with E-state index in [1.54, 1.807) is 15.8 Å². The zero-order valence-corrected chi connectivity index (χ0v) is 20.3. The summed E-state index contributed by atoms with van der Waals surface area (Å²) < 4.78 is 3.87. The van der Waals surface area contributed by atoms with Gasteiger partial charge in [-0.2, -0.15) is 5.10 Å². The molecule has 0 unspecified atom stereocenters. The van der Waals surface area contributed by atoms with Crippen LogP contribution in [0.15, 0.2) is 48.0 Å². The van der Waals surface area contributed by atoms with Gasteiger partial charge in [0, 0.05) is 46.0 Å². The highest BCUT2D eigenvalue weighted by Crippen LogP contribution is 2.16. The number of aryl methyl sites for hydroxylation is 2. The summed E-state index contributed by atoms with van der Waals surface area (Å²) in [6, 6.07) is 8.14. The van der Waals surface area contributed by atoms with Crippen molar-refractivity contribution in [2.45, 2.75) is 19.9 Å². The molecule has 0 radical (unpaired) electrons. The highest BCUT2D eigenvalue weighted by molar-refractivity contribution is 14.0. The highest BCUT2D eigenvalue weighted by atomic mass is 127. The Morgan fingerprint density at radius 3 is 2.84 bits per heavy atom. The van der Waals surface area contributed by atoms with Crippen LogP contribution in [-0.2, 0) is 18.4 Å². The molecule has 1 fully saturated rings. The molecule has 1 aromatic carbocycles. The molecule has 1 amide bonds. The first kappa shape index (κ1) is 23.0. The molecule has 1 N–H and O–H groups in total. The third-order valence-electron chi connectivity index (χ3n) is 5.20. The van der Waals surface area contributed by atoms with Crippen LogP contribution in [0, 0.1) is 0 Å². The zero-order valence-electron chi connectivity index (χ0n) is 17.9. The van der Waals surface area contributed by atoms with E-state index < -0.39 is 0 Å².